The predicted molar refractivity (Wildman–Crippen MR) is 65.9 cm³/mol. The van der Waals surface area contributed by atoms with Crippen molar-refractivity contribution >= 4 is 40.5 Å². The first-order valence-corrected chi connectivity index (χ1v) is 6.54. The summed E-state index contributed by atoms with van der Waals surface area (Å²) in [6, 6.07) is 1.77. The Hall–Kier alpha value is 0.01000. The Bertz CT molecular complexity index is 325. The number of Topliss-reactive ketones (excluding diaryl/α,β-unsaturated/α-hetero) is 1. The van der Waals surface area contributed by atoms with Crippen LogP contribution in [0.5, 0.6) is 0 Å². The molecule has 0 aliphatic rings. The second-order valence-electron chi connectivity index (χ2n) is 3.92. The zero-order valence-corrected chi connectivity index (χ0v) is 10.9. The largest absolute Gasteiger partial charge is 0.292 e. The smallest absolute Gasteiger partial charge is 0.184 e. The molecule has 1 heterocycles. The summed E-state index contributed by atoms with van der Waals surface area (Å²) in [6.07, 6.45) is 0. The molecule has 0 bridgehead atoms. The number of hydrogen-bond donors (Lipinski definition) is 0. The third-order valence-corrected chi connectivity index (χ3v) is 4.16. The van der Waals surface area contributed by atoms with Crippen molar-refractivity contribution in [2.24, 2.45) is 0 Å². The van der Waals surface area contributed by atoms with Crippen LogP contribution >= 0.6 is 34.7 Å². The van der Waals surface area contributed by atoms with Gasteiger partial charge >= 0.3 is 0 Å². The molecule has 0 aliphatic heterocycles. The molecule has 1 aromatic rings. The van der Waals surface area contributed by atoms with Gasteiger partial charge in [-0.1, -0.05) is 32.4 Å². The Kier molecular flexibility index (Phi) is 4.04. The molecule has 4 heteroatoms. The van der Waals surface area contributed by atoms with Crippen molar-refractivity contribution in [1.29, 1.82) is 0 Å². The van der Waals surface area contributed by atoms with E-state index in [2.05, 4.69) is 20.8 Å². The summed E-state index contributed by atoms with van der Waals surface area (Å²) < 4.78 is 0.124. The van der Waals surface area contributed by atoms with Crippen LogP contribution in [-0.4, -0.2) is 16.3 Å². The fraction of sp³-hybridized carbons (Fsp3) is 0.500. The Morgan fingerprint density at radius 3 is 2.64 bits per heavy atom. The minimum Gasteiger partial charge on any atom is -0.292 e. The van der Waals surface area contributed by atoms with E-state index in [1.807, 2.05) is 5.38 Å². The zero-order chi connectivity index (χ0) is 10.8. The van der Waals surface area contributed by atoms with E-state index in [4.69, 9.17) is 11.6 Å². The van der Waals surface area contributed by atoms with Crippen LogP contribution in [-0.2, 0) is 0 Å². The third kappa shape index (κ3) is 3.64. The summed E-state index contributed by atoms with van der Waals surface area (Å²) in [4.78, 5) is 12.4. The fourth-order valence-electron chi connectivity index (χ4n) is 0.840. The van der Waals surface area contributed by atoms with Crippen molar-refractivity contribution < 1.29 is 4.79 Å². The maximum atomic E-state index is 11.7. The molecule has 0 atom stereocenters. The first kappa shape index (κ1) is 12.1. The molecule has 0 amide bonds. The van der Waals surface area contributed by atoms with Gasteiger partial charge in [0.25, 0.3) is 0 Å². The number of halogens is 1. The van der Waals surface area contributed by atoms with Gasteiger partial charge < -0.3 is 0 Å². The van der Waals surface area contributed by atoms with Crippen LogP contribution in [0.4, 0.5) is 0 Å². The van der Waals surface area contributed by atoms with Gasteiger partial charge in [0.05, 0.1) is 15.7 Å². The molecular formula is C10H13ClOS2. The number of hydrogen-bond acceptors (Lipinski definition) is 3. The van der Waals surface area contributed by atoms with Crippen LogP contribution in [0.25, 0.3) is 0 Å². The lowest BCUT2D eigenvalue weighted by molar-refractivity contribution is 0.102. The van der Waals surface area contributed by atoms with Gasteiger partial charge in [0.2, 0.25) is 0 Å². The van der Waals surface area contributed by atoms with E-state index in [1.54, 1.807) is 17.8 Å². The minimum absolute atomic E-state index is 0.124. The van der Waals surface area contributed by atoms with Crippen LogP contribution in [0.15, 0.2) is 11.4 Å². The number of carbonyl (C=O) groups excluding carboxylic acids is 1. The van der Waals surface area contributed by atoms with E-state index in [9.17, 15) is 4.79 Å². The van der Waals surface area contributed by atoms with E-state index in [1.165, 1.54) is 11.3 Å². The molecule has 0 saturated heterocycles. The molecule has 0 fully saturated rings. The fourth-order valence-corrected chi connectivity index (χ4v) is 2.74. The van der Waals surface area contributed by atoms with E-state index in [-0.39, 0.29) is 10.5 Å². The monoisotopic (exact) mass is 248 g/mol. The molecule has 0 N–H and O–H groups in total. The van der Waals surface area contributed by atoms with Gasteiger partial charge in [-0.05, 0) is 11.4 Å². The van der Waals surface area contributed by atoms with Crippen molar-refractivity contribution in [1.82, 2.24) is 0 Å². The van der Waals surface area contributed by atoms with Gasteiger partial charge in [0, 0.05) is 4.75 Å². The lowest BCUT2D eigenvalue weighted by Gasteiger charge is -2.16. The lowest BCUT2D eigenvalue weighted by Crippen LogP contribution is -2.12. The van der Waals surface area contributed by atoms with Crippen LogP contribution in [0, 0.1) is 0 Å². The lowest BCUT2D eigenvalue weighted by atomic mass is 10.3. The minimum atomic E-state index is 0.124. The van der Waals surface area contributed by atoms with Gasteiger partial charge in [0.1, 0.15) is 0 Å². The topological polar surface area (TPSA) is 17.1 Å². The molecule has 0 spiro atoms. The number of thiophene rings is 1. The first-order chi connectivity index (χ1) is 6.40. The third-order valence-electron chi connectivity index (χ3n) is 1.51. The molecule has 1 nitrogen and oxygen atoms in total. The first-order valence-electron chi connectivity index (χ1n) is 4.30. The van der Waals surface area contributed by atoms with Crippen LogP contribution in [0.1, 0.15) is 30.4 Å². The molecule has 0 aromatic carbocycles. The molecule has 1 aromatic heterocycles. The standard InChI is InChI=1S/C10H13ClOS2/c1-10(2,3)14-6-8(12)9-7(11)4-5-13-9/h4-5H,6H2,1-3H3. The highest BCUT2D eigenvalue weighted by Crippen LogP contribution is 2.27. The van der Waals surface area contributed by atoms with Crippen molar-refractivity contribution in [3.05, 3.63) is 21.3 Å². The van der Waals surface area contributed by atoms with E-state index in [0.717, 1.165) is 0 Å². The maximum absolute atomic E-state index is 11.7. The van der Waals surface area contributed by atoms with Gasteiger partial charge in [-0.25, -0.2) is 0 Å². The quantitative estimate of drug-likeness (QED) is 0.749. The van der Waals surface area contributed by atoms with Crippen LogP contribution < -0.4 is 0 Å². The number of rotatable bonds is 3. The average Bonchev–Trinajstić information content (AvgIpc) is 2.46. The molecule has 78 valence electrons. The highest BCUT2D eigenvalue weighted by Gasteiger charge is 2.16. The van der Waals surface area contributed by atoms with Crippen LogP contribution in [0.3, 0.4) is 0 Å². The second kappa shape index (κ2) is 4.69. The highest BCUT2D eigenvalue weighted by molar-refractivity contribution is 8.01. The van der Waals surface area contributed by atoms with Gasteiger partial charge in [-0.3, -0.25) is 4.79 Å². The number of carbonyl (C=O) groups is 1. The van der Waals surface area contributed by atoms with Crippen LogP contribution in [0.2, 0.25) is 5.02 Å². The zero-order valence-electron chi connectivity index (χ0n) is 8.46. The molecule has 14 heavy (non-hydrogen) atoms. The van der Waals surface area contributed by atoms with Gasteiger partial charge in [-0.2, -0.15) is 0 Å². The Morgan fingerprint density at radius 1 is 1.57 bits per heavy atom. The van der Waals surface area contributed by atoms with Crippen molar-refractivity contribution in [3.8, 4) is 0 Å². The normalized spacial score (nSPS) is 11.7. The van der Waals surface area contributed by atoms with E-state index in [0.29, 0.717) is 15.7 Å². The summed E-state index contributed by atoms with van der Waals surface area (Å²) in [7, 11) is 0. The predicted octanol–water partition coefficient (Wildman–Crippen LogP) is 4.12. The SMILES string of the molecule is CC(C)(C)SCC(=O)c1sccc1Cl. The molecule has 1 rings (SSSR count). The van der Waals surface area contributed by atoms with Crippen molar-refractivity contribution in [2.45, 2.75) is 25.5 Å². The van der Waals surface area contributed by atoms with Crippen molar-refractivity contribution in [3.63, 3.8) is 0 Å². The highest BCUT2D eigenvalue weighted by atomic mass is 35.5. The second-order valence-corrected chi connectivity index (χ2v) is 7.05. The van der Waals surface area contributed by atoms with E-state index >= 15 is 0 Å². The summed E-state index contributed by atoms with van der Waals surface area (Å²) >= 11 is 8.93. The average molecular weight is 249 g/mol. The molecule has 0 radical (unpaired) electrons. The Morgan fingerprint density at radius 2 is 2.21 bits per heavy atom. The Labute approximate surface area is 97.8 Å². The summed E-state index contributed by atoms with van der Waals surface area (Å²) in [5.74, 6) is 0.633. The molecule has 0 aliphatic carbocycles. The maximum Gasteiger partial charge on any atom is 0.184 e. The van der Waals surface area contributed by atoms with Gasteiger partial charge in [-0.15, -0.1) is 23.1 Å². The molecule has 0 saturated carbocycles. The van der Waals surface area contributed by atoms with Gasteiger partial charge in [0.15, 0.2) is 5.78 Å². The number of thioether (sulfide) groups is 1. The summed E-state index contributed by atoms with van der Waals surface area (Å²) in [6.45, 7) is 6.29. The number of ketones is 1. The summed E-state index contributed by atoms with van der Waals surface area (Å²) in [5, 5.41) is 2.42. The molecule has 0 unspecified atom stereocenters. The van der Waals surface area contributed by atoms with E-state index < -0.39 is 0 Å². The van der Waals surface area contributed by atoms with Crippen molar-refractivity contribution in [2.75, 3.05) is 5.75 Å². The Balaban J connectivity index is 2.56. The summed E-state index contributed by atoms with van der Waals surface area (Å²) in [5.41, 5.74) is 0. The molecular weight excluding hydrogens is 236 g/mol.